The summed E-state index contributed by atoms with van der Waals surface area (Å²) in [4.78, 5) is 2.15. The van der Waals surface area contributed by atoms with Crippen LogP contribution >= 0.6 is 0 Å². The third kappa shape index (κ3) is 4.92. The number of hydrogen-bond donors (Lipinski definition) is 0. The average Bonchev–Trinajstić information content (AvgIpc) is 2.51. The average molecular weight is 311 g/mol. The maximum Gasteiger partial charge on any atom is 0.108 e. The van der Waals surface area contributed by atoms with Crippen LogP contribution in [0.15, 0.2) is 54.6 Å². The molecule has 0 aliphatic carbocycles. The van der Waals surface area contributed by atoms with Gasteiger partial charge in [-0.3, -0.25) is 0 Å². The Morgan fingerprint density at radius 2 is 1.52 bits per heavy atom. The van der Waals surface area contributed by atoms with Crippen molar-refractivity contribution >= 4 is 0 Å². The molecule has 124 valence electrons. The second-order valence-corrected chi connectivity index (χ2v) is 7.30. The smallest absolute Gasteiger partial charge is 0.108 e. The van der Waals surface area contributed by atoms with E-state index in [0.29, 0.717) is 6.61 Å². The molecule has 0 amide bonds. The number of benzene rings is 2. The van der Waals surface area contributed by atoms with Crippen molar-refractivity contribution in [2.75, 3.05) is 27.2 Å². The summed E-state index contributed by atoms with van der Waals surface area (Å²) in [6, 6.07) is 19.2. The zero-order valence-electron chi connectivity index (χ0n) is 15.0. The van der Waals surface area contributed by atoms with Crippen LogP contribution < -0.4 is 0 Å². The van der Waals surface area contributed by atoms with E-state index in [-0.39, 0.29) is 11.5 Å². The largest absolute Gasteiger partial charge is 0.367 e. The van der Waals surface area contributed by atoms with E-state index in [9.17, 15) is 0 Å². The Balaban J connectivity index is 2.38. The van der Waals surface area contributed by atoms with Gasteiger partial charge in [-0.2, -0.15) is 0 Å². The van der Waals surface area contributed by atoms with E-state index in [4.69, 9.17) is 4.74 Å². The summed E-state index contributed by atoms with van der Waals surface area (Å²) in [7, 11) is 4.15. The van der Waals surface area contributed by atoms with Crippen LogP contribution in [-0.4, -0.2) is 32.1 Å². The van der Waals surface area contributed by atoms with Gasteiger partial charge in [-0.05, 0) is 36.2 Å². The van der Waals surface area contributed by atoms with E-state index >= 15 is 0 Å². The van der Waals surface area contributed by atoms with Gasteiger partial charge in [-0.15, -0.1) is 0 Å². The van der Waals surface area contributed by atoms with Crippen molar-refractivity contribution in [3.8, 4) is 0 Å². The molecule has 0 saturated carbocycles. The maximum atomic E-state index is 6.32. The van der Waals surface area contributed by atoms with Gasteiger partial charge in [0.2, 0.25) is 0 Å². The first kappa shape index (κ1) is 17.7. The highest BCUT2D eigenvalue weighted by molar-refractivity contribution is 5.39. The standard InChI is InChI=1S/C21H29NO/c1-21(2,3)19-14-10-9-13-18(19)20(23-16-15-22(4)5)17-11-7-6-8-12-17/h6-14,20H,15-16H2,1-5H3/t20-/m0/s1. The van der Waals surface area contributed by atoms with Gasteiger partial charge in [0.1, 0.15) is 6.10 Å². The first-order valence-corrected chi connectivity index (χ1v) is 8.30. The molecule has 0 bridgehead atoms. The molecule has 0 N–H and O–H groups in total. The number of nitrogens with zero attached hydrogens (tertiary/aromatic N) is 1. The van der Waals surface area contributed by atoms with Crippen molar-refractivity contribution in [1.29, 1.82) is 0 Å². The molecular weight excluding hydrogens is 282 g/mol. The van der Waals surface area contributed by atoms with Crippen LogP contribution in [0.1, 0.15) is 43.6 Å². The Hall–Kier alpha value is -1.64. The molecule has 0 saturated heterocycles. The third-order valence-electron chi connectivity index (χ3n) is 3.98. The Kier molecular flexibility index (Phi) is 5.97. The minimum Gasteiger partial charge on any atom is -0.367 e. The number of likely N-dealkylation sites (N-methyl/N-ethyl adjacent to an activating group) is 1. The van der Waals surface area contributed by atoms with Gasteiger partial charge in [0.25, 0.3) is 0 Å². The van der Waals surface area contributed by atoms with Gasteiger partial charge in [0.15, 0.2) is 0 Å². The molecule has 0 heterocycles. The molecule has 0 aliphatic heterocycles. The van der Waals surface area contributed by atoms with Gasteiger partial charge in [-0.25, -0.2) is 0 Å². The SMILES string of the molecule is CN(C)CCO[C@@H](c1ccccc1)c1ccccc1C(C)(C)C. The monoisotopic (exact) mass is 311 g/mol. The topological polar surface area (TPSA) is 12.5 Å². The van der Waals surface area contributed by atoms with E-state index in [1.165, 1.54) is 16.7 Å². The Morgan fingerprint density at radius 1 is 0.913 bits per heavy atom. The minimum atomic E-state index is -0.0217. The van der Waals surface area contributed by atoms with Crippen LogP contribution in [0.3, 0.4) is 0 Å². The molecule has 0 radical (unpaired) electrons. The summed E-state index contributed by atoms with van der Waals surface area (Å²) < 4.78 is 6.32. The summed E-state index contributed by atoms with van der Waals surface area (Å²) in [6.07, 6.45) is -0.0217. The third-order valence-corrected chi connectivity index (χ3v) is 3.98. The Labute approximate surface area is 141 Å². The molecule has 0 unspecified atom stereocenters. The zero-order valence-corrected chi connectivity index (χ0v) is 15.0. The van der Waals surface area contributed by atoms with E-state index in [0.717, 1.165) is 6.54 Å². The van der Waals surface area contributed by atoms with Crippen molar-refractivity contribution in [2.45, 2.75) is 32.3 Å². The van der Waals surface area contributed by atoms with Crippen LogP contribution in [0.2, 0.25) is 0 Å². The predicted molar refractivity (Wildman–Crippen MR) is 97.9 cm³/mol. The molecule has 0 spiro atoms. The second kappa shape index (κ2) is 7.76. The van der Waals surface area contributed by atoms with Crippen LogP contribution in [0.5, 0.6) is 0 Å². The van der Waals surface area contributed by atoms with Gasteiger partial charge in [0.05, 0.1) is 6.61 Å². The van der Waals surface area contributed by atoms with Crippen molar-refractivity contribution in [3.05, 3.63) is 71.3 Å². The normalized spacial score (nSPS) is 13.3. The molecule has 0 aromatic heterocycles. The Morgan fingerprint density at radius 3 is 2.13 bits per heavy atom. The first-order chi connectivity index (χ1) is 10.9. The van der Waals surface area contributed by atoms with E-state index < -0.39 is 0 Å². The molecule has 2 heteroatoms. The lowest BCUT2D eigenvalue weighted by Crippen LogP contribution is -2.22. The summed E-state index contributed by atoms with van der Waals surface area (Å²) in [5, 5.41) is 0. The molecule has 0 aliphatic rings. The molecule has 1 atom stereocenters. The first-order valence-electron chi connectivity index (χ1n) is 8.30. The molecular formula is C21H29NO. The van der Waals surface area contributed by atoms with Gasteiger partial charge in [-0.1, -0.05) is 75.4 Å². The second-order valence-electron chi connectivity index (χ2n) is 7.30. The lowest BCUT2D eigenvalue weighted by atomic mass is 9.81. The molecule has 2 rings (SSSR count). The quantitative estimate of drug-likeness (QED) is 0.770. The highest BCUT2D eigenvalue weighted by Crippen LogP contribution is 2.34. The fraction of sp³-hybridized carbons (Fsp3) is 0.429. The summed E-state index contributed by atoms with van der Waals surface area (Å²) >= 11 is 0. The van der Waals surface area contributed by atoms with E-state index in [1.807, 2.05) is 0 Å². The maximum absolute atomic E-state index is 6.32. The van der Waals surface area contributed by atoms with Crippen LogP contribution in [0.25, 0.3) is 0 Å². The van der Waals surface area contributed by atoms with Gasteiger partial charge in [0, 0.05) is 6.54 Å². The van der Waals surface area contributed by atoms with Crippen LogP contribution in [-0.2, 0) is 10.2 Å². The van der Waals surface area contributed by atoms with Crippen molar-refractivity contribution in [3.63, 3.8) is 0 Å². The lowest BCUT2D eigenvalue weighted by molar-refractivity contribution is 0.0676. The minimum absolute atomic E-state index is 0.0217. The molecule has 2 aromatic rings. The van der Waals surface area contributed by atoms with Crippen molar-refractivity contribution < 1.29 is 4.74 Å². The number of rotatable bonds is 6. The molecule has 23 heavy (non-hydrogen) atoms. The molecule has 2 aromatic carbocycles. The number of ether oxygens (including phenoxy) is 1. The van der Waals surface area contributed by atoms with E-state index in [2.05, 4.69) is 94.4 Å². The Bertz CT molecular complexity index is 599. The zero-order chi connectivity index (χ0) is 16.9. The van der Waals surface area contributed by atoms with Crippen molar-refractivity contribution in [1.82, 2.24) is 4.90 Å². The van der Waals surface area contributed by atoms with Crippen LogP contribution in [0, 0.1) is 0 Å². The van der Waals surface area contributed by atoms with Crippen molar-refractivity contribution in [2.24, 2.45) is 0 Å². The van der Waals surface area contributed by atoms with E-state index in [1.54, 1.807) is 0 Å². The van der Waals surface area contributed by atoms with Crippen LogP contribution in [0.4, 0.5) is 0 Å². The molecule has 0 fully saturated rings. The van der Waals surface area contributed by atoms with Gasteiger partial charge >= 0.3 is 0 Å². The fourth-order valence-corrected chi connectivity index (χ4v) is 2.76. The number of hydrogen-bond acceptors (Lipinski definition) is 2. The highest BCUT2D eigenvalue weighted by Gasteiger charge is 2.24. The fourth-order valence-electron chi connectivity index (χ4n) is 2.76. The predicted octanol–water partition coefficient (Wildman–Crippen LogP) is 4.65. The summed E-state index contributed by atoms with van der Waals surface area (Å²) in [5.74, 6) is 0. The summed E-state index contributed by atoms with van der Waals surface area (Å²) in [5.41, 5.74) is 3.92. The highest BCUT2D eigenvalue weighted by atomic mass is 16.5. The molecule has 2 nitrogen and oxygen atoms in total. The van der Waals surface area contributed by atoms with Gasteiger partial charge < -0.3 is 9.64 Å². The summed E-state index contributed by atoms with van der Waals surface area (Å²) in [6.45, 7) is 8.40. The lowest BCUT2D eigenvalue weighted by Gasteiger charge is -2.28.